The molecule has 3 aliphatic rings. The lowest BCUT2D eigenvalue weighted by Gasteiger charge is -2.33. The van der Waals surface area contributed by atoms with Crippen molar-refractivity contribution in [3.63, 3.8) is 0 Å². The first-order chi connectivity index (χ1) is 14.2. The van der Waals surface area contributed by atoms with E-state index in [1.54, 1.807) is 7.11 Å². The van der Waals surface area contributed by atoms with Crippen molar-refractivity contribution in [2.45, 2.75) is 57.7 Å². The van der Waals surface area contributed by atoms with E-state index in [4.69, 9.17) is 15.2 Å². The zero-order valence-electron chi connectivity index (χ0n) is 18.0. The summed E-state index contributed by atoms with van der Waals surface area (Å²) in [5.74, 6) is 1.64. The van der Waals surface area contributed by atoms with E-state index in [1.807, 2.05) is 39.0 Å². The Labute approximate surface area is 176 Å². The Balaban J connectivity index is 1.42. The van der Waals surface area contributed by atoms with Crippen LogP contribution in [0.5, 0.6) is 11.5 Å². The number of hydrogen-bond acceptors (Lipinski definition) is 6. The summed E-state index contributed by atoms with van der Waals surface area (Å²) in [4.78, 5) is 31.3. The van der Waals surface area contributed by atoms with Gasteiger partial charge in [-0.1, -0.05) is 6.07 Å². The number of amides is 2. The molecule has 1 aliphatic carbocycles. The SMILES string of the molecule is COc1cccc2c1C(NC(=O)[C@@H]1C[C@H]1CN1C(=O)CC(C)(C)N=C1N)CC(C)O2. The third-order valence-electron chi connectivity index (χ3n) is 6.06. The molecule has 0 saturated heterocycles. The number of nitrogens with one attached hydrogen (secondary N) is 1. The topological polar surface area (TPSA) is 106 Å². The molecule has 0 bridgehead atoms. The molecule has 4 rings (SSSR count). The van der Waals surface area contributed by atoms with Gasteiger partial charge in [0, 0.05) is 18.9 Å². The highest BCUT2D eigenvalue weighted by Gasteiger charge is 2.47. The van der Waals surface area contributed by atoms with Crippen LogP contribution in [-0.2, 0) is 9.59 Å². The van der Waals surface area contributed by atoms with Gasteiger partial charge in [0.25, 0.3) is 0 Å². The van der Waals surface area contributed by atoms with E-state index in [0.29, 0.717) is 25.1 Å². The van der Waals surface area contributed by atoms with Crippen LogP contribution in [0.1, 0.15) is 51.6 Å². The fourth-order valence-electron chi connectivity index (χ4n) is 4.48. The number of methoxy groups -OCH3 is 1. The summed E-state index contributed by atoms with van der Waals surface area (Å²) in [6, 6.07) is 5.49. The third kappa shape index (κ3) is 3.95. The van der Waals surface area contributed by atoms with E-state index < -0.39 is 5.54 Å². The Hall–Kier alpha value is -2.77. The molecule has 1 aromatic rings. The molecule has 8 nitrogen and oxygen atoms in total. The van der Waals surface area contributed by atoms with Gasteiger partial charge < -0.3 is 20.5 Å². The second-order valence-corrected chi connectivity index (χ2v) is 9.16. The van der Waals surface area contributed by atoms with Gasteiger partial charge in [0.2, 0.25) is 11.8 Å². The smallest absolute Gasteiger partial charge is 0.231 e. The summed E-state index contributed by atoms with van der Waals surface area (Å²) in [6.07, 6.45) is 1.74. The van der Waals surface area contributed by atoms with Gasteiger partial charge in [-0.05, 0) is 45.2 Å². The highest BCUT2D eigenvalue weighted by molar-refractivity contribution is 5.99. The number of ether oxygens (including phenoxy) is 2. The Morgan fingerprint density at radius 2 is 2.17 bits per heavy atom. The molecule has 0 aromatic heterocycles. The molecule has 162 valence electrons. The third-order valence-corrected chi connectivity index (χ3v) is 6.06. The van der Waals surface area contributed by atoms with E-state index >= 15 is 0 Å². The van der Waals surface area contributed by atoms with Crippen LogP contribution in [-0.4, -0.2) is 48.0 Å². The highest BCUT2D eigenvalue weighted by atomic mass is 16.5. The van der Waals surface area contributed by atoms with E-state index in [9.17, 15) is 9.59 Å². The zero-order chi connectivity index (χ0) is 21.6. The maximum atomic E-state index is 13.0. The monoisotopic (exact) mass is 414 g/mol. The molecule has 2 amide bonds. The summed E-state index contributed by atoms with van der Waals surface area (Å²) >= 11 is 0. The standard InChI is InChI=1S/C22H30N4O4/c1-12-8-15(19-16(29-4)6-5-7-17(19)30-12)24-20(28)14-9-13(14)11-26-18(27)10-22(2,3)25-21(26)23/h5-7,12-15H,8-11H2,1-4H3,(H2,23,25)(H,24,28)/t12?,13-,14+,15?/m0/s1. The zero-order valence-corrected chi connectivity index (χ0v) is 18.0. The van der Waals surface area contributed by atoms with Crippen molar-refractivity contribution in [3.05, 3.63) is 23.8 Å². The molecule has 2 aliphatic heterocycles. The summed E-state index contributed by atoms with van der Waals surface area (Å²) in [7, 11) is 1.62. The number of aliphatic imine (C=N–C) groups is 1. The number of benzene rings is 1. The molecular weight excluding hydrogens is 384 g/mol. The van der Waals surface area contributed by atoms with Crippen molar-refractivity contribution in [2.75, 3.05) is 13.7 Å². The van der Waals surface area contributed by atoms with Crippen LogP contribution in [0.15, 0.2) is 23.2 Å². The minimum Gasteiger partial charge on any atom is -0.496 e. The van der Waals surface area contributed by atoms with E-state index in [1.165, 1.54) is 4.90 Å². The molecular formula is C22H30N4O4. The molecule has 2 unspecified atom stereocenters. The molecule has 3 N–H and O–H groups in total. The molecule has 1 saturated carbocycles. The number of rotatable bonds is 5. The fourth-order valence-corrected chi connectivity index (χ4v) is 4.48. The van der Waals surface area contributed by atoms with Gasteiger partial charge in [0.05, 0.1) is 36.8 Å². The number of nitrogens with zero attached hydrogens (tertiary/aromatic N) is 2. The van der Waals surface area contributed by atoms with Gasteiger partial charge in [-0.3, -0.25) is 14.5 Å². The predicted octanol–water partition coefficient (Wildman–Crippen LogP) is 1.99. The van der Waals surface area contributed by atoms with Gasteiger partial charge in [0.15, 0.2) is 5.96 Å². The number of guanidine groups is 1. The van der Waals surface area contributed by atoms with Crippen LogP contribution in [0.25, 0.3) is 0 Å². The molecule has 1 aromatic carbocycles. The van der Waals surface area contributed by atoms with Crippen LogP contribution < -0.4 is 20.5 Å². The average Bonchev–Trinajstić information content (AvgIpc) is 3.42. The predicted molar refractivity (Wildman–Crippen MR) is 112 cm³/mol. The minimum absolute atomic E-state index is 0.00347. The van der Waals surface area contributed by atoms with Gasteiger partial charge in [0.1, 0.15) is 11.5 Å². The van der Waals surface area contributed by atoms with E-state index in [2.05, 4.69) is 10.3 Å². The van der Waals surface area contributed by atoms with Gasteiger partial charge in [-0.2, -0.15) is 0 Å². The van der Waals surface area contributed by atoms with Crippen molar-refractivity contribution in [2.24, 2.45) is 22.6 Å². The average molecular weight is 415 g/mol. The lowest BCUT2D eigenvalue weighted by molar-refractivity contribution is -0.130. The largest absolute Gasteiger partial charge is 0.496 e. The Morgan fingerprint density at radius 1 is 1.40 bits per heavy atom. The van der Waals surface area contributed by atoms with Crippen molar-refractivity contribution >= 4 is 17.8 Å². The van der Waals surface area contributed by atoms with Crippen LogP contribution in [0.4, 0.5) is 0 Å². The maximum absolute atomic E-state index is 13.0. The van der Waals surface area contributed by atoms with Gasteiger partial charge >= 0.3 is 0 Å². The molecule has 30 heavy (non-hydrogen) atoms. The molecule has 2 heterocycles. The lowest BCUT2D eigenvalue weighted by Crippen LogP contribution is -2.50. The van der Waals surface area contributed by atoms with Crippen LogP contribution in [0.2, 0.25) is 0 Å². The first kappa shape index (κ1) is 20.5. The number of hydrogen-bond donors (Lipinski definition) is 2. The number of nitrogens with two attached hydrogens (primary N) is 1. The molecule has 0 radical (unpaired) electrons. The summed E-state index contributed by atoms with van der Waals surface area (Å²) in [5, 5.41) is 3.18. The summed E-state index contributed by atoms with van der Waals surface area (Å²) in [5.41, 5.74) is 6.43. The number of carbonyl (C=O) groups excluding carboxylic acids is 2. The first-order valence-electron chi connectivity index (χ1n) is 10.5. The molecule has 4 atom stereocenters. The van der Waals surface area contributed by atoms with Crippen LogP contribution >= 0.6 is 0 Å². The van der Waals surface area contributed by atoms with Gasteiger partial charge in [-0.25, -0.2) is 4.99 Å². The molecule has 1 fully saturated rings. The summed E-state index contributed by atoms with van der Waals surface area (Å²) in [6.45, 7) is 6.21. The Kier molecular flexibility index (Phi) is 5.11. The van der Waals surface area contributed by atoms with Crippen molar-refractivity contribution in [1.29, 1.82) is 0 Å². The quantitative estimate of drug-likeness (QED) is 0.766. The highest BCUT2D eigenvalue weighted by Crippen LogP contribution is 2.44. The van der Waals surface area contributed by atoms with Gasteiger partial charge in [-0.15, -0.1) is 0 Å². The minimum atomic E-state index is -0.468. The van der Waals surface area contributed by atoms with Crippen molar-refractivity contribution < 1.29 is 19.1 Å². The molecule has 0 spiro atoms. The second kappa shape index (κ2) is 7.49. The second-order valence-electron chi connectivity index (χ2n) is 9.16. The maximum Gasteiger partial charge on any atom is 0.231 e. The van der Waals surface area contributed by atoms with Crippen LogP contribution in [0, 0.1) is 11.8 Å². The molecule has 8 heteroatoms. The van der Waals surface area contributed by atoms with Crippen molar-refractivity contribution in [1.82, 2.24) is 10.2 Å². The first-order valence-corrected chi connectivity index (χ1v) is 10.5. The Bertz CT molecular complexity index is 897. The van der Waals surface area contributed by atoms with E-state index in [0.717, 1.165) is 17.7 Å². The normalized spacial score (nSPS) is 29.4. The lowest BCUT2D eigenvalue weighted by atomic mass is 9.95. The fraction of sp³-hybridized carbons (Fsp3) is 0.591. The summed E-state index contributed by atoms with van der Waals surface area (Å²) < 4.78 is 11.4. The Morgan fingerprint density at radius 3 is 2.87 bits per heavy atom. The number of fused-ring (bicyclic) bond motifs is 1. The van der Waals surface area contributed by atoms with E-state index in [-0.39, 0.29) is 41.8 Å². The van der Waals surface area contributed by atoms with Crippen molar-refractivity contribution in [3.8, 4) is 11.5 Å². The van der Waals surface area contributed by atoms with Crippen LogP contribution in [0.3, 0.4) is 0 Å². The number of carbonyl (C=O) groups is 2.